The Labute approximate surface area is 126 Å². The Morgan fingerprint density at radius 3 is 2.40 bits per heavy atom. The van der Waals surface area contributed by atoms with Crippen LogP contribution < -0.4 is 5.32 Å². The fourth-order valence-corrected chi connectivity index (χ4v) is 2.53. The van der Waals surface area contributed by atoms with E-state index in [4.69, 9.17) is 11.6 Å². The third kappa shape index (κ3) is 3.81. The van der Waals surface area contributed by atoms with Crippen molar-refractivity contribution in [3.63, 3.8) is 0 Å². The van der Waals surface area contributed by atoms with Crippen LogP contribution in [0.25, 0.3) is 0 Å². The van der Waals surface area contributed by atoms with E-state index in [0.29, 0.717) is 5.02 Å². The molecule has 0 aliphatic carbocycles. The smallest absolute Gasteiger partial charge is 0.0751 e. The molecule has 1 unspecified atom stereocenters. The normalized spacial score (nSPS) is 12.4. The Kier molecular flexibility index (Phi) is 5.16. The minimum Gasteiger partial charge on any atom is -0.305 e. The van der Waals surface area contributed by atoms with Gasteiger partial charge in [-0.3, -0.25) is 4.98 Å². The van der Waals surface area contributed by atoms with Crippen molar-refractivity contribution in [2.75, 3.05) is 6.54 Å². The molecule has 106 valence electrons. The summed E-state index contributed by atoms with van der Waals surface area (Å²) >= 11 is 5.93. The SMILES string of the molecule is CCCNC(c1cc(C)cc(C)c1)c1ccc(Cl)cn1. The summed E-state index contributed by atoms with van der Waals surface area (Å²) in [5, 5.41) is 4.24. The fraction of sp³-hybridized carbons (Fsp3) is 0.353. The van der Waals surface area contributed by atoms with Gasteiger partial charge in [0.15, 0.2) is 0 Å². The van der Waals surface area contributed by atoms with Crippen LogP contribution in [-0.4, -0.2) is 11.5 Å². The molecule has 2 aromatic rings. The Morgan fingerprint density at radius 1 is 1.15 bits per heavy atom. The molecule has 3 heteroatoms. The molecule has 1 aromatic carbocycles. The average molecular weight is 289 g/mol. The van der Waals surface area contributed by atoms with Gasteiger partial charge < -0.3 is 5.32 Å². The molecule has 0 saturated heterocycles. The van der Waals surface area contributed by atoms with Crippen molar-refractivity contribution in [3.8, 4) is 0 Å². The molecule has 0 saturated carbocycles. The fourth-order valence-electron chi connectivity index (χ4n) is 2.42. The number of aromatic nitrogens is 1. The van der Waals surface area contributed by atoms with E-state index in [1.165, 1.54) is 16.7 Å². The Balaban J connectivity index is 2.38. The summed E-state index contributed by atoms with van der Waals surface area (Å²) in [6, 6.07) is 10.6. The lowest BCUT2D eigenvalue weighted by Crippen LogP contribution is -2.24. The van der Waals surface area contributed by atoms with E-state index < -0.39 is 0 Å². The lowest BCUT2D eigenvalue weighted by atomic mass is 9.98. The molecule has 1 atom stereocenters. The summed E-state index contributed by atoms with van der Waals surface area (Å²) in [6.45, 7) is 7.38. The number of halogens is 1. The van der Waals surface area contributed by atoms with Crippen molar-refractivity contribution in [2.45, 2.75) is 33.2 Å². The highest BCUT2D eigenvalue weighted by molar-refractivity contribution is 6.30. The summed E-state index contributed by atoms with van der Waals surface area (Å²) in [5.74, 6) is 0. The molecule has 2 rings (SSSR count). The molecule has 1 N–H and O–H groups in total. The van der Waals surface area contributed by atoms with E-state index in [-0.39, 0.29) is 6.04 Å². The summed E-state index contributed by atoms with van der Waals surface area (Å²) < 4.78 is 0. The first kappa shape index (κ1) is 15.0. The summed E-state index contributed by atoms with van der Waals surface area (Å²) in [5.41, 5.74) is 4.81. The monoisotopic (exact) mass is 288 g/mol. The zero-order valence-electron chi connectivity index (χ0n) is 12.3. The van der Waals surface area contributed by atoms with Gasteiger partial charge in [-0.05, 0) is 44.5 Å². The molecule has 0 aliphatic heterocycles. The van der Waals surface area contributed by atoms with Crippen LogP contribution in [-0.2, 0) is 0 Å². The van der Waals surface area contributed by atoms with Gasteiger partial charge in [0.2, 0.25) is 0 Å². The van der Waals surface area contributed by atoms with Crippen LogP contribution in [0.3, 0.4) is 0 Å². The second-order valence-electron chi connectivity index (χ2n) is 5.21. The number of hydrogen-bond donors (Lipinski definition) is 1. The maximum atomic E-state index is 5.93. The number of aryl methyl sites for hydroxylation is 2. The van der Waals surface area contributed by atoms with Crippen molar-refractivity contribution >= 4 is 11.6 Å². The molecule has 0 aliphatic rings. The number of nitrogens with zero attached hydrogens (tertiary/aromatic N) is 1. The van der Waals surface area contributed by atoms with E-state index in [1.807, 2.05) is 12.1 Å². The first-order valence-electron chi connectivity index (χ1n) is 7.03. The van der Waals surface area contributed by atoms with E-state index in [9.17, 15) is 0 Å². The molecule has 0 bridgehead atoms. The van der Waals surface area contributed by atoms with Crippen LogP contribution in [0, 0.1) is 13.8 Å². The van der Waals surface area contributed by atoms with Crippen LogP contribution in [0.2, 0.25) is 5.02 Å². The number of benzene rings is 1. The third-order valence-electron chi connectivity index (χ3n) is 3.22. The van der Waals surface area contributed by atoms with Gasteiger partial charge in [-0.25, -0.2) is 0 Å². The van der Waals surface area contributed by atoms with Crippen molar-refractivity contribution in [1.82, 2.24) is 10.3 Å². The zero-order chi connectivity index (χ0) is 14.5. The number of nitrogens with one attached hydrogen (secondary N) is 1. The van der Waals surface area contributed by atoms with E-state index in [2.05, 4.69) is 49.3 Å². The van der Waals surface area contributed by atoms with Gasteiger partial charge in [-0.15, -0.1) is 0 Å². The number of pyridine rings is 1. The Morgan fingerprint density at radius 2 is 1.85 bits per heavy atom. The van der Waals surface area contributed by atoms with Crippen molar-refractivity contribution in [2.24, 2.45) is 0 Å². The molecule has 1 aromatic heterocycles. The third-order valence-corrected chi connectivity index (χ3v) is 3.45. The lowest BCUT2D eigenvalue weighted by Gasteiger charge is -2.19. The topological polar surface area (TPSA) is 24.9 Å². The van der Waals surface area contributed by atoms with E-state index in [0.717, 1.165) is 18.7 Å². The van der Waals surface area contributed by atoms with Crippen molar-refractivity contribution in [3.05, 3.63) is 63.9 Å². The van der Waals surface area contributed by atoms with Crippen LogP contribution in [0.5, 0.6) is 0 Å². The second kappa shape index (κ2) is 6.87. The standard InChI is InChI=1S/C17H21ClN2/c1-4-7-19-17(16-6-5-15(18)11-20-16)14-9-12(2)8-13(3)10-14/h5-6,8-11,17,19H,4,7H2,1-3H3. The van der Waals surface area contributed by atoms with Gasteiger partial charge in [-0.2, -0.15) is 0 Å². The zero-order valence-corrected chi connectivity index (χ0v) is 13.0. The number of hydrogen-bond acceptors (Lipinski definition) is 2. The Hall–Kier alpha value is -1.38. The van der Waals surface area contributed by atoms with Crippen LogP contribution >= 0.6 is 11.6 Å². The van der Waals surface area contributed by atoms with Gasteiger partial charge in [0.1, 0.15) is 0 Å². The van der Waals surface area contributed by atoms with Gasteiger partial charge in [-0.1, -0.05) is 47.9 Å². The molecule has 0 spiro atoms. The molecule has 0 amide bonds. The van der Waals surface area contributed by atoms with Crippen molar-refractivity contribution < 1.29 is 0 Å². The van der Waals surface area contributed by atoms with Gasteiger partial charge in [0.25, 0.3) is 0 Å². The molecule has 0 fully saturated rings. The predicted molar refractivity (Wildman–Crippen MR) is 85.3 cm³/mol. The summed E-state index contributed by atoms with van der Waals surface area (Å²) in [7, 11) is 0. The predicted octanol–water partition coefficient (Wildman–Crippen LogP) is 4.44. The second-order valence-corrected chi connectivity index (χ2v) is 5.65. The molecule has 2 nitrogen and oxygen atoms in total. The molecule has 20 heavy (non-hydrogen) atoms. The highest BCUT2D eigenvalue weighted by atomic mass is 35.5. The quantitative estimate of drug-likeness (QED) is 0.880. The van der Waals surface area contributed by atoms with Crippen molar-refractivity contribution in [1.29, 1.82) is 0 Å². The first-order chi connectivity index (χ1) is 9.60. The lowest BCUT2D eigenvalue weighted by molar-refractivity contribution is 0.586. The first-order valence-corrected chi connectivity index (χ1v) is 7.41. The maximum Gasteiger partial charge on any atom is 0.0751 e. The number of rotatable bonds is 5. The van der Waals surface area contributed by atoms with Gasteiger partial charge in [0.05, 0.1) is 16.8 Å². The van der Waals surface area contributed by atoms with Gasteiger partial charge in [0, 0.05) is 6.20 Å². The average Bonchev–Trinajstić information content (AvgIpc) is 2.40. The molecule has 1 heterocycles. The summed E-state index contributed by atoms with van der Waals surface area (Å²) in [4.78, 5) is 4.47. The highest BCUT2D eigenvalue weighted by Gasteiger charge is 2.15. The Bertz CT molecular complexity index is 543. The molecular formula is C17H21ClN2. The maximum absolute atomic E-state index is 5.93. The largest absolute Gasteiger partial charge is 0.305 e. The van der Waals surface area contributed by atoms with Crippen LogP contribution in [0.4, 0.5) is 0 Å². The minimum atomic E-state index is 0.116. The van der Waals surface area contributed by atoms with E-state index >= 15 is 0 Å². The van der Waals surface area contributed by atoms with Gasteiger partial charge >= 0.3 is 0 Å². The van der Waals surface area contributed by atoms with Crippen LogP contribution in [0.1, 0.15) is 41.8 Å². The molecule has 0 radical (unpaired) electrons. The summed E-state index contributed by atoms with van der Waals surface area (Å²) in [6.07, 6.45) is 2.80. The minimum absolute atomic E-state index is 0.116. The molecular weight excluding hydrogens is 268 g/mol. The van der Waals surface area contributed by atoms with Crippen LogP contribution in [0.15, 0.2) is 36.5 Å². The highest BCUT2D eigenvalue weighted by Crippen LogP contribution is 2.23. The van der Waals surface area contributed by atoms with E-state index in [1.54, 1.807) is 6.20 Å².